The van der Waals surface area contributed by atoms with Crippen LogP contribution in [-0.4, -0.2) is 80.9 Å². The number of ether oxygens (including phenoxy) is 3. The molecule has 0 spiro atoms. The molecule has 3 aromatic rings. The fraction of sp³-hybridized carbons (Fsp3) is 0.379. The molecular formula is C29H34N4O8S2. The molecule has 0 saturated carbocycles. The zero-order valence-electron chi connectivity index (χ0n) is 24.0. The second-order valence-corrected chi connectivity index (χ2v) is 13.5. The highest BCUT2D eigenvalue weighted by Gasteiger charge is 2.32. The van der Waals surface area contributed by atoms with E-state index in [4.69, 9.17) is 14.2 Å². The van der Waals surface area contributed by atoms with Gasteiger partial charge in [0.2, 0.25) is 12.7 Å². The summed E-state index contributed by atoms with van der Waals surface area (Å²) in [7, 11) is -2.16. The van der Waals surface area contributed by atoms with E-state index < -0.39 is 22.2 Å². The molecule has 43 heavy (non-hydrogen) atoms. The highest BCUT2D eigenvalue weighted by molar-refractivity contribution is 7.94. The molecule has 230 valence electrons. The van der Waals surface area contributed by atoms with Gasteiger partial charge >= 0.3 is 6.03 Å². The number of aliphatic hydroxyl groups excluding tert-OH is 1. The van der Waals surface area contributed by atoms with Crippen LogP contribution in [0.5, 0.6) is 17.2 Å². The minimum Gasteiger partial charge on any atom is -0.488 e. The van der Waals surface area contributed by atoms with Crippen LogP contribution in [-0.2, 0) is 21.2 Å². The maximum Gasteiger partial charge on any atom is 0.321 e. The lowest BCUT2D eigenvalue weighted by atomic mass is 10.0. The minimum absolute atomic E-state index is 0.0614. The van der Waals surface area contributed by atoms with Crippen molar-refractivity contribution in [2.75, 3.05) is 43.6 Å². The van der Waals surface area contributed by atoms with Gasteiger partial charge in [0.25, 0.3) is 10.0 Å². The van der Waals surface area contributed by atoms with Gasteiger partial charge in [-0.05, 0) is 48.7 Å². The number of hydrogen-bond donors (Lipinski definition) is 3. The van der Waals surface area contributed by atoms with Crippen LogP contribution in [0.3, 0.4) is 0 Å². The van der Waals surface area contributed by atoms with Crippen molar-refractivity contribution in [2.24, 2.45) is 5.92 Å². The maximum absolute atomic E-state index is 13.5. The molecule has 0 aliphatic carbocycles. The Morgan fingerprint density at radius 3 is 2.63 bits per heavy atom. The minimum atomic E-state index is -3.80. The van der Waals surface area contributed by atoms with Crippen LogP contribution in [0.25, 0.3) is 0 Å². The summed E-state index contributed by atoms with van der Waals surface area (Å²) in [5.41, 5.74) is 1.31. The average molecular weight is 631 g/mol. The third-order valence-electron chi connectivity index (χ3n) is 7.35. The predicted molar refractivity (Wildman–Crippen MR) is 161 cm³/mol. The van der Waals surface area contributed by atoms with Crippen LogP contribution in [0.15, 0.2) is 58.1 Å². The molecule has 12 nitrogen and oxygen atoms in total. The smallest absolute Gasteiger partial charge is 0.321 e. The largest absolute Gasteiger partial charge is 0.488 e. The first-order valence-electron chi connectivity index (χ1n) is 13.7. The van der Waals surface area contributed by atoms with Gasteiger partial charge in [-0.25, -0.2) is 13.2 Å². The van der Waals surface area contributed by atoms with Crippen LogP contribution < -0.4 is 24.2 Å². The van der Waals surface area contributed by atoms with Crippen molar-refractivity contribution in [3.05, 3.63) is 59.5 Å². The third kappa shape index (κ3) is 6.98. The fourth-order valence-electron chi connectivity index (χ4n) is 4.88. The van der Waals surface area contributed by atoms with Gasteiger partial charge < -0.3 is 34.4 Å². The number of nitrogens with one attached hydrogen (secondary N) is 2. The molecule has 5 rings (SSSR count). The quantitative estimate of drug-likeness (QED) is 0.342. The van der Waals surface area contributed by atoms with Crippen molar-refractivity contribution in [1.29, 1.82) is 0 Å². The van der Waals surface area contributed by atoms with Crippen LogP contribution in [0.2, 0.25) is 0 Å². The number of carbonyl (C=O) groups excluding carboxylic acids is 2. The van der Waals surface area contributed by atoms with E-state index >= 15 is 0 Å². The molecule has 3 atom stereocenters. The molecule has 3 amide bonds. The van der Waals surface area contributed by atoms with Gasteiger partial charge in [0.05, 0.1) is 25.6 Å². The molecule has 3 heterocycles. The third-order valence-corrected chi connectivity index (χ3v) is 10.1. The van der Waals surface area contributed by atoms with Crippen LogP contribution in [0.4, 0.5) is 16.2 Å². The molecule has 0 fully saturated rings. The van der Waals surface area contributed by atoms with Gasteiger partial charge in [-0.1, -0.05) is 13.0 Å². The number of sulfonamides is 1. The first-order valence-corrected chi connectivity index (χ1v) is 16.1. The molecular weight excluding hydrogens is 596 g/mol. The normalized spacial score (nSPS) is 18.9. The second kappa shape index (κ2) is 12.7. The molecule has 1 aromatic heterocycles. The van der Waals surface area contributed by atoms with Crippen LogP contribution in [0, 0.1) is 5.92 Å². The van der Waals surface area contributed by atoms with Crippen molar-refractivity contribution in [1.82, 2.24) is 9.80 Å². The van der Waals surface area contributed by atoms with Gasteiger partial charge in [-0.15, -0.1) is 11.3 Å². The summed E-state index contributed by atoms with van der Waals surface area (Å²) in [6.07, 6.45) is -0.604. The van der Waals surface area contributed by atoms with Crippen LogP contribution in [0.1, 0.15) is 19.4 Å². The topological polar surface area (TPSA) is 147 Å². The van der Waals surface area contributed by atoms with E-state index in [1.54, 1.807) is 66.7 Å². The maximum atomic E-state index is 13.5. The summed E-state index contributed by atoms with van der Waals surface area (Å²) in [5, 5.41) is 14.4. The highest BCUT2D eigenvalue weighted by Crippen LogP contribution is 2.34. The number of amides is 3. The number of aliphatic hydroxyl groups is 1. The molecule has 14 heteroatoms. The Labute approximate surface area is 254 Å². The summed E-state index contributed by atoms with van der Waals surface area (Å²) < 4.78 is 45.6. The number of carbonyl (C=O) groups is 2. The van der Waals surface area contributed by atoms with E-state index in [0.29, 0.717) is 28.5 Å². The summed E-state index contributed by atoms with van der Waals surface area (Å²) in [5.74, 6) is 1.10. The Balaban J connectivity index is 1.38. The molecule has 2 aliphatic rings. The first kappa shape index (κ1) is 30.4. The summed E-state index contributed by atoms with van der Waals surface area (Å²) >= 11 is 1.10. The van der Waals surface area contributed by atoms with Crippen molar-refractivity contribution in [3.63, 3.8) is 0 Å². The van der Waals surface area contributed by atoms with Crippen molar-refractivity contribution < 1.29 is 37.3 Å². The van der Waals surface area contributed by atoms with Gasteiger partial charge in [-0.2, -0.15) is 0 Å². The summed E-state index contributed by atoms with van der Waals surface area (Å²) in [4.78, 5) is 29.7. The summed E-state index contributed by atoms with van der Waals surface area (Å²) in [6.45, 7) is 4.05. The van der Waals surface area contributed by atoms with E-state index in [9.17, 15) is 23.1 Å². The van der Waals surface area contributed by atoms with Crippen molar-refractivity contribution in [2.45, 2.75) is 36.6 Å². The number of hydrogen-bond acceptors (Lipinski definition) is 9. The lowest BCUT2D eigenvalue weighted by Gasteiger charge is -2.34. The number of anilines is 2. The predicted octanol–water partition coefficient (Wildman–Crippen LogP) is 3.59. The Bertz CT molecular complexity index is 1580. The van der Waals surface area contributed by atoms with E-state index in [1.807, 2.05) is 6.92 Å². The Kier molecular flexibility index (Phi) is 8.99. The highest BCUT2D eigenvalue weighted by atomic mass is 32.2. The number of likely N-dealkylation sites (N-methyl/N-ethyl adjacent to an activating group) is 1. The zero-order chi connectivity index (χ0) is 30.7. The Hall–Kier alpha value is -4.01. The number of nitrogens with zero attached hydrogens (tertiary/aromatic N) is 2. The SMILES string of the molecule is C[C@H](CO)N1C[C@H](C)[C@@H](CN(C)C(=O)Nc2ccc3c(c2)OCO3)Oc2ccc(NS(=O)(=O)c3cccs3)cc2CC1=O. The lowest BCUT2D eigenvalue weighted by molar-refractivity contribution is -0.134. The Morgan fingerprint density at radius 2 is 1.88 bits per heavy atom. The number of benzene rings is 2. The van der Waals surface area contributed by atoms with Crippen LogP contribution >= 0.6 is 11.3 Å². The first-order chi connectivity index (χ1) is 20.5. The molecule has 0 radical (unpaired) electrons. The zero-order valence-corrected chi connectivity index (χ0v) is 25.6. The number of rotatable bonds is 8. The fourth-order valence-corrected chi connectivity index (χ4v) is 6.92. The van der Waals surface area contributed by atoms with Gasteiger partial charge in [0.15, 0.2) is 11.5 Å². The molecule has 3 N–H and O–H groups in total. The molecule has 0 bridgehead atoms. The summed E-state index contributed by atoms with van der Waals surface area (Å²) in [6, 6.07) is 12.3. The van der Waals surface area contributed by atoms with E-state index in [-0.39, 0.29) is 60.7 Å². The van der Waals surface area contributed by atoms with E-state index in [0.717, 1.165) is 11.3 Å². The molecule has 0 saturated heterocycles. The number of urea groups is 1. The lowest BCUT2D eigenvalue weighted by Crippen LogP contribution is -2.48. The molecule has 0 unspecified atom stereocenters. The standard InChI is InChI=1S/C29H34N4O8S2/c1-18-14-33(19(2)16-34)27(35)12-20-11-22(31-43(37,38)28-5-4-10-42-28)7-8-23(20)41-26(18)15-32(3)29(36)30-21-6-9-24-25(13-21)40-17-39-24/h4-11,13,18-19,26,31,34H,12,14-17H2,1-3H3,(H,30,36)/t18-,19+,26+/m0/s1. The van der Waals surface area contributed by atoms with Crippen molar-refractivity contribution >= 4 is 44.7 Å². The Morgan fingerprint density at radius 1 is 1.14 bits per heavy atom. The van der Waals surface area contributed by atoms with E-state index in [1.165, 1.54) is 11.0 Å². The van der Waals surface area contributed by atoms with Gasteiger partial charge in [0, 0.05) is 42.5 Å². The molecule has 2 aliphatic heterocycles. The van der Waals surface area contributed by atoms with Gasteiger partial charge in [-0.3, -0.25) is 9.52 Å². The average Bonchev–Trinajstić information content (AvgIpc) is 3.69. The molecule has 2 aromatic carbocycles. The van der Waals surface area contributed by atoms with Crippen molar-refractivity contribution in [3.8, 4) is 17.2 Å². The van der Waals surface area contributed by atoms with E-state index in [2.05, 4.69) is 10.0 Å². The number of thiophene rings is 1. The monoisotopic (exact) mass is 630 g/mol. The second-order valence-electron chi connectivity index (χ2n) is 10.6. The number of fused-ring (bicyclic) bond motifs is 2. The van der Waals surface area contributed by atoms with Gasteiger partial charge in [0.1, 0.15) is 16.1 Å².